The number of hydrogen-bond acceptors (Lipinski definition) is 5. The Morgan fingerprint density at radius 3 is 3.11 bits per heavy atom. The van der Waals surface area contributed by atoms with Crippen molar-refractivity contribution in [2.45, 2.75) is 18.9 Å². The molecule has 0 aliphatic heterocycles. The Morgan fingerprint density at radius 2 is 2.37 bits per heavy atom. The zero-order valence-corrected chi connectivity index (χ0v) is 10.9. The van der Waals surface area contributed by atoms with Crippen molar-refractivity contribution in [1.82, 2.24) is 25.0 Å². The molecule has 3 aromatic rings. The number of thiophene rings is 1. The maximum Gasteiger partial charge on any atom is 0.178 e. The number of aryl methyl sites for hydroxylation is 1. The van der Waals surface area contributed by atoms with E-state index in [0.717, 1.165) is 10.7 Å². The smallest absolute Gasteiger partial charge is 0.178 e. The highest BCUT2D eigenvalue weighted by Gasteiger charge is 2.12. The molecule has 1 unspecified atom stereocenters. The molecule has 3 aromatic heterocycles. The van der Waals surface area contributed by atoms with Crippen LogP contribution < -0.4 is 0 Å². The number of aromatic nitrogens is 5. The van der Waals surface area contributed by atoms with Crippen LogP contribution in [0.1, 0.15) is 24.0 Å². The summed E-state index contributed by atoms with van der Waals surface area (Å²) in [5.74, 6) is 0.428. The van der Waals surface area contributed by atoms with Crippen molar-refractivity contribution in [1.29, 1.82) is 0 Å². The van der Waals surface area contributed by atoms with E-state index >= 15 is 0 Å². The zero-order valence-electron chi connectivity index (χ0n) is 10.1. The summed E-state index contributed by atoms with van der Waals surface area (Å²) in [6, 6.07) is 5.97. The number of rotatable bonds is 5. The van der Waals surface area contributed by atoms with Gasteiger partial charge in [0.15, 0.2) is 5.82 Å². The Hall–Kier alpha value is -1.99. The number of nitrogens with zero attached hydrogens (tertiary/aromatic N) is 4. The maximum atomic E-state index is 9.88. The van der Waals surface area contributed by atoms with Crippen LogP contribution in [0.2, 0.25) is 0 Å². The lowest BCUT2D eigenvalue weighted by molar-refractivity contribution is 0.158. The van der Waals surface area contributed by atoms with Crippen molar-refractivity contribution in [2.24, 2.45) is 0 Å². The van der Waals surface area contributed by atoms with Gasteiger partial charge in [-0.05, 0) is 36.4 Å². The van der Waals surface area contributed by atoms with E-state index in [4.69, 9.17) is 0 Å². The van der Waals surface area contributed by atoms with Gasteiger partial charge >= 0.3 is 0 Å². The maximum absolute atomic E-state index is 9.88. The minimum atomic E-state index is -0.655. The zero-order chi connectivity index (χ0) is 13.1. The summed E-state index contributed by atoms with van der Waals surface area (Å²) in [6.07, 6.45) is 3.98. The van der Waals surface area contributed by atoms with Crippen LogP contribution in [0.25, 0.3) is 5.00 Å². The molecular formula is C12H13N5OS. The first-order chi connectivity index (χ1) is 9.33. The number of hydrogen-bond donors (Lipinski definition) is 2. The molecule has 0 aromatic carbocycles. The minimum Gasteiger partial charge on any atom is -0.385 e. The van der Waals surface area contributed by atoms with E-state index in [0.29, 0.717) is 18.7 Å². The van der Waals surface area contributed by atoms with Gasteiger partial charge in [-0.2, -0.15) is 10.2 Å². The summed E-state index contributed by atoms with van der Waals surface area (Å²) in [5, 5.41) is 23.9. The van der Waals surface area contributed by atoms with Gasteiger partial charge < -0.3 is 5.11 Å². The summed E-state index contributed by atoms with van der Waals surface area (Å²) < 4.78 is 1.85. The molecule has 0 fully saturated rings. The Labute approximate surface area is 113 Å². The molecule has 0 spiro atoms. The first kappa shape index (κ1) is 12.1. The van der Waals surface area contributed by atoms with E-state index in [1.807, 2.05) is 34.5 Å². The van der Waals surface area contributed by atoms with Gasteiger partial charge in [-0.3, -0.25) is 5.10 Å². The predicted molar refractivity (Wildman–Crippen MR) is 71.1 cm³/mol. The molecule has 2 N–H and O–H groups in total. The molecule has 0 saturated carbocycles. The number of aliphatic hydroxyl groups excluding tert-OH is 1. The second kappa shape index (κ2) is 5.33. The fourth-order valence-electron chi connectivity index (χ4n) is 1.81. The molecule has 19 heavy (non-hydrogen) atoms. The number of nitrogens with one attached hydrogen (secondary N) is 1. The molecule has 98 valence electrons. The van der Waals surface area contributed by atoms with E-state index in [1.165, 1.54) is 6.33 Å². The van der Waals surface area contributed by atoms with Crippen LogP contribution in [0, 0.1) is 0 Å². The van der Waals surface area contributed by atoms with Gasteiger partial charge in [-0.25, -0.2) is 9.67 Å². The Balaban J connectivity index is 1.62. The third kappa shape index (κ3) is 2.72. The minimum absolute atomic E-state index is 0.428. The lowest BCUT2D eigenvalue weighted by Crippen LogP contribution is -2.02. The second-order valence-electron chi connectivity index (χ2n) is 4.11. The number of H-pyrrole nitrogens is 1. The van der Waals surface area contributed by atoms with E-state index in [-0.39, 0.29) is 0 Å². The fourth-order valence-corrected chi connectivity index (χ4v) is 2.47. The Bertz CT molecular complexity index is 616. The largest absolute Gasteiger partial charge is 0.385 e. The third-order valence-corrected chi connectivity index (χ3v) is 3.64. The highest BCUT2D eigenvalue weighted by molar-refractivity contribution is 7.12. The standard InChI is InChI=1S/C12H13N5OS/c18-10(12-13-8-14-15-12)4-3-9-5-6-17(16-9)11-2-1-7-19-11/h1-2,5-8,10,18H,3-4H2,(H,13,14,15). The molecular weight excluding hydrogens is 262 g/mol. The summed E-state index contributed by atoms with van der Waals surface area (Å²) in [5.41, 5.74) is 0.947. The average molecular weight is 275 g/mol. The second-order valence-corrected chi connectivity index (χ2v) is 5.04. The van der Waals surface area contributed by atoms with E-state index in [9.17, 15) is 5.11 Å². The Kier molecular flexibility index (Phi) is 3.39. The van der Waals surface area contributed by atoms with E-state index in [2.05, 4.69) is 20.3 Å². The highest BCUT2D eigenvalue weighted by atomic mass is 32.1. The summed E-state index contributed by atoms with van der Waals surface area (Å²) in [4.78, 5) is 3.93. The van der Waals surface area contributed by atoms with Gasteiger partial charge in [0, 0.05) is 6.20 Å². The van der Waals surface area contributed by atoms with Crippen LogP contribution in [-0.2, 0) is 6.42 Å². The summed E-state index contributed by atoms with van der Waals surface area (Å²) in [6.45, 7) is 0. The van der Waals surface area contributed by atoms with Gasteiger partial charge in [0.25, 0.3) is 0 Å². The quantitative estimate of drug-likeness (QED) is 0.743. The SMILES string of the molecule is OC(CCc1ccn(-c2cccs2)n1)c1nc[nH]n1. The molecule has 1 atom stereocenters. The molecule has 3 rings (SSSR count). The molecule has 7 heteroatoms. The van der Waals surface area contributed by atoms with Crippen molar-refractivity contribution in [3.8, 4) is 5.00 Å². The first-order valence-electron chi connectivity index (χ1n) is 5.95. The van der Waals surface area contributed by atoms with Crippen molar-refractivity contribution >= 4 is 11.3 Å². The van der Waals surface area contributed by atoms with Crippen molar-refractivity contribution in [3.05, 3.63) is 47.6 Å². The molecule has 0 aliphatic carbocycles. The van der Waals surface area contributed by atoms with Crippen LogP contribution in [-0.4, -0.2) is 30.1 Å². The topological polar surface area (TPSA) is 79.6 Å². The van der Waals surface area contributed by atoms with Crippen LogP contribution in [0.15, 0.2) is 36.1 Å². The van der Waals surface area contributed by atoms with Crippen LogP contribution in [0.3, 0.4) is 0 Å². The molecule has 0 radical (unpaired) electrons. The van der Waals surface area contributed by atoms with Gasteiger partial charge in [-0.1, -0.05) is 0 Å². The number of aliphatic hydroxyl groups is 1. The van der Waals surface area contributed by atoms with Crippen molar-refractivity contribution < 1.29 is 5.11 Å². The molecule has 6 nitrogen and oxygen atoms in total. The van der Waals surface area contributed by atoms with Gasteiger partial charge in [0.05, 0.1) is 5.69 Å². The first-order valence-corrected chi connectivity index (χ1v) is 6.83. The third-order valence-electron chi connectivity index (χ3n) is 2.78. The summed E-state index contributed by atoms with van der Waals surface area (Å²) in [7, 11) is 0. The van der Waals surface area contributed by atoms with Gasteiger partial charge in [0.1, 0.15) is 17.4 Å². The summed E-state index contributed by atoms with van der Waals surface area (Å²) >= 11 is 1.64. The molecule has 3 heterocycles. The van der Waals surface area contributed by atoms with E-state index in [1.54, 1.807) is 11.3 Å². The van der Waals surface area contributed by atoms with Crippen LogP contribution in [0.5, 0.6) is 0 Å². The van der Waals surface area contributed by atoms with E-state index < -0.39 is 6.10 Å². The van der Waals surface area contributed by atoms with Crippen LogP contribution >= 0.6 is 11.3 Å². The molecule has 0 aliphatic rings. The number of aromatic amines is 1. The molecule has 0 bridgehead atoms. The molecule has 0 saturated heterocycles. The monoisotopic (exact) mass is 275 g/mol. The van der Waals surface area contributed by atoms with Gasteiger partial charge in [0.2, 0.25) is 0 Å². The molecule has 0 amide bonds. The Morgan fingerprint density at radius 1 is 1.42 bits per heavy atom. The lowest BCUT2D eigenvalue weighted by Gasteiger charge is -2.04. The predicted octanol–water partition coefficient (Wildman–Crippen LogP) is 1.72. The lowest BCUT2D eigenvalue weighted by atomic mass is 10.1. The van der Waals surface area contributed by atoms with Crippen LogP contribution in [0.4, 0.5) is 0 Å². The van der Waals surface area contributed by atoms with Crippen molar-refractivity contribution in [3.63, 3.8) is 0 Å². The average Bonchev–Trinajstić information content (AvgIpc) is 3.14. The van der Waals surface area contributed by atoms with Gasteiger partial charge in [-0.15, -0.1) is 11.3 Å². The van der Waals surface area contributed by atoms with Crippen molar-refractivity contribution in [2.75, 3.05) is 0 Å². The highest BCUT2D eigenvalue weighted by Crippen LogP contribution is 2.17. The fraction of sp³-hybridized carbons (Fsp3) is 0.250. The normalized spacial score (nSPS) is 12.7.